The smallest absolute Gasteiger partial charge is 0.106 e. The Hall–Kier alpha value is -0.590. The first-order chi connectivity index (χ1) is 7.45. The Balaban J connectivity index is 3.94. The molecule has 3 heteroatoms. The molecule has 0 aromatic rings. The highest BCUT2D eigenvalue weighted by atomic mass is 16.5. The van der Waals surface area contributed by atoms with Crippen molar-refractivity contribution >= 4 is 0 Å². The number of nitriles is 1. The predicted molar refractivity (Wildman–Crippen MR) is 67.3 cm³/mol. The quantitative estimate of drug-likeness (QED) is 0.647. The van der Waals surface area contributed by atoms with Gasteiger partial charge in [0.05, 0.1) is 11.7 Å². The molecule has 0 aromatic carbocycles. The van der Waals surface area contributed by atoms with Crippen molar-refractivity contribution in [2.24, 2.45) is 0 Å². The molecule has 1 N–H and O–H groups in total. The molecular formula is C13H26N2O. The summed E-state index contributed by atoms with van der Waals surface area (Å²) in [5.41, 5.74) is -0.416. The molecule has 0 spiro atoms. The van der Waals surface area contributed by atoms with Gasteiger partial charge in [0.15, 0.2) is 0 Å². The van der Waals surface area contributed by atoms with Crippen LogP contribution < -0.4 is 5.32 Å². The van der Waals surface area contributed by atoms with E-state index in [1.54, 1.807) is 0 Å². The van der Waals surface area contributed by atoms with E-state index in [-0.39, 0.29) is 11.1 Å². The van der Waals surface area contributed by atoms with E-state index in [4.69, 9.17) is 10.00 Å². The van der Waals surface area contributed by atoms with Crippen LogP contribution in [0, 0.1) is 11.3 Å². The highest BCUT2D eigenvalue weighted by molar-refractivity contribution is 5.05. The molecule has 16 heavy (non-hydrogen) atoms. The zero-order valence-corrected chi connectivity index (χ0v) is 11.4. The molecule has 1 unspecified atom stereocenters. The predicted octanol–water partition coefficient (Wildman–Crippen LogP) is 2.86. The van der Waals surface area contributed by atoms with Gasteiger partial charge in [-0.2, -0.15) is 5.26 Å². The summed E-state index contributed by atoms with van der Waals surface area (Å²) in [5, 5.41) is 12.2. The number of nitrogens with one attached hydrogen (secondary N) is 1. The van der Waals surface area contributed by atoms with E-state index in [1.807, 2.05) is 14.0 Å². The SMILES string of the molecule is CCC(C#N)(CCCOC(C)(C)CC)NC. The van der Waals surface area contributed by atoms with Crippen LogP contribution in [-0.4, -0.2) is 24.8 Å². The van der Waals surface area contributed by atoms with E-state index in [0.717, 1.165) is 32.3 Å². The Bertz CT molecular complexity index is 227. The molecule has 0 aromatic heterocycles. The van der Waals surface area contributed by atoms with Crippen molar-refractivity contribution in [3.05, 3.63) is 0 Å². The molecule has 3 nitrogen and oxygen atoms in total. The first kappa shape index (κ1) is 15.4. The highest BCUT2D eigenvalue weighted by Crippen LogP contribution is 2.18. The maximum atomic E-state index is 9.13. The Morgan fingerprint density at radius 1 is 1.25 bits per heavy atom. The van der Waals surface area contributed by atoms with Crippen molar-refractivity contribution in [2.45, 2.75) is 64.5 Å². The third-order valence-corrected chi connectivity index (χ3v) is 3.39. The average Bonchev–Trinajstić information content (AvgIpc) is 2.30. The maximum Gasteiger partial charge on any atom is 0.106 e. The first-order valence-electron chi connectivity index (χ1n) is 6.19. The van der Waals surface area contributed by atoms with Gasteiger partial charge in [0, 0.05) is 6.61 Å². The third kappa shape index (κ3) is 4.96. The van der Waals surface area contributed by atoms with Crippen LogP contribution in [0.25, 0.3) is 0 Å². The van der Waals surface area contributed by atoms with Crippen LogP contribution in [0.2, 0.25) is 0 Å². The first-order valence-corrected chi connectivity index (χ1v) is 6.19. The maximum absolute atomic E-state index is 9.13. The fraction of sp³-hybridized carbons (Fsp3) is 0.923. The van der Waals surface area contributed by atoms with Gasteiger partial charge in [-0.25, -0.2) is 0 Å². The fourth-order valence-corrected chi connectivity index (χ4v) is 1.49. The summed E-state index contributed by atoms with van der Waals surface area (Å²) >= 11 is 0. The van der Waals surface area contributed by atoms with Gasteiger partial charge in [-0.15, -0.1) is 0 Å². The van der Waals surface area contributed by atoms with Gasteiger partial charge in [-0.1, -0.05) is 13.8 Å². The second kappa shape index (κ2) is 6.88. The summed E-state index contributed by atoms with van der Waals surface area (Å²) in [6, 6.07) is 2.36. The number of rotatable bonds is 8. The van der Waals surface area contributed by atoms with Crippen LogP contribution in [0.5, 0.6) is 0 Å². The summed E-state index contributed by atoms with van der Waals surface area (Å²) in [7, 11) is 1.85. The van der Waals surface area contributed by atoms with E-state index in [9.17, 15) is 0 Å². The van der Waals surface area contributed by atoms with Crippen LogP contribution in [-0.2, 0) is 4.74 Å². The van der Waals surface area contributed by atoms with Crippen LogP contribution in [0.15, 0.2) is 0 Å². The Labute approximate surface area is 100 Å². The summed E-state index contributed by atoms with van der Waals surface area (Å²) in [6.45, 7) is 9.09. The van der Waals surface area contributed by atoms with Gasteiger partial charge in [-0.3, -0.25) is 0 Å². The van der Waals surface area contributed by atoms with Gasteiger partial charge in [0.2, 0.25) is 0 Å². The van der Waals surface area contributed by atoms with E-state index in [0.29, 0.717) is 0 Å². The van der Waals surface area contributed by atoms with Crippen molar-refractivity contribution in [3.63, 3.8) is 0 Å². The lowest BCUT2D eigenvalue weighted by Gasteiger charge is -2.27. The Morgan fingerprint density at radius 2 is 1.88 bits per heavy atom. The molecule has 0 bridgehead atoms. The molecule has 0 aliphatic heterocycles. The monoisotopic (exact) mass is 226 g/mol. The number of ether oxygens (including phenoxy) is 1. The van der Waals surface area contributed by atoms with Crippen LogP contribution in [0.4, 0.5) is 0 Å². The van der Waals surface area contributed by atoms with Crippen molar-refractivity contribution in [1.29, 1.82) is 5.26 Å². The second-order valence-electron chi connectivity index (χ2n) is 4.86. The number of hydrogen-bond donors (Lipinski definition) is 1. The van der Waals surface area contributed by atoms with Crippen molar-refractivity contribution in [2.75, 3.05) is 13.7 Å². The van der Waals surface area contributed by atoms with Crippen LogP contribution >= 0.6 is 0 Å². The fourth-order valence-electron chi connectivity index (χ4n) is 1.49. The third-order valence-electron chi connectivity index (χ3n) is 3.39. The molecule has 0 radical (unpaired) electrons. The summed E-state index contributed by atoms with van der Waals surface area (Å²) in [5.74, 6) is 0. The molecule has 0 rings (SSSR count). The molecule has 0 aliphatic rings. The van der Waals surface area contributed by atoms with E-state index >= 15 is 0 Å². The molecule has 0 saturated heterocycles. The molecule has 0 aliphatic carbocycles. The second-order valence-corrected chi connectivity index (χ2v) is 4.86. The number of nitrogens with zero attached hydrogens (tertiary/aromatic N) is 1. The molecule has 0 heterocycles. The van der Waals surface area contributed by atoms with E-state index in [1.165, 1.54) is 0 Å². The standard InChI is InChI=1S/C13H26N2O/c1-6-12(3,4)16-10-8-9-13(7-2,11-14)15-5/h15H,6-10H2,1-5H3. The van der Waals surface area contributed by atoms with Crippen LogP contribution in [0.1, 0.15) is 53.4 Å². The van der Waals surface area contributed by atoms with Gasteiger partial charge < -0.3 is 10.1 Å². The number of hydrogen-bond acceptors (Lipinski definition) is 3. The zero-order valence-electron chi connectivity index (χ0n) is 11.4. The van der Waals surface area contributed by atoms with E-state index in [2.05, 4.69) is 32.2 Å². The van der Waals surface area contributed by atoms with Gasteiger partial charge in [0.25, 0.3) is 0 Å². The van der Waals surface area contributed by atoms with Crippen LogP contribution in [0.3, 0.4) is 0 Å². The van der Waals surface area contributed by atoms with E-state index < -0.39 is 0 Å². The Morgan fingerprint density at radius 3 is 2.25 bits per heavy atom. The summed E-state index contributed by atoms with van der Waals surface area (Å²) < 4.78 is 5.77. The molecule has 0 fully saturated rings. The van der Waals surface area contributed by atoms with Crippen molar-refractivity contribution < 1.29 is 4.74 Å². The summed E-state index contributed by atoms with van der Waals surface area (Å²) in [4.78, 5) is 0. The minimum atomic E-state index is -0.375. The molecule has 0 amide bonds. The summed E-state index contributed by atoms with van der Waals surface area (Å²) in [6.07, 6.45) is 3.61. The van der Waals surface area contributed by atoms with Gasteiger partial charge >= 0.3 is 0 Å². The highest BCUT2D eigenvalue weighted by Gasteiger charge is 2.25. The minimum absolute atomic E-state index is 0.0405. The topological polar surface area (TPSA) is 45.0 Å². The lowest BCUT2D eigenvalue weighted by molar-refractivity contribution is -0.0229. The lowest BCUT2D eigenvalue weighted by atomic mass is 9.92. The van der Waals surface area contributed by atoms with Gasteiger partial charge in [-0.05, 0) is 46.6 Å². The molecule has 94 valence electrons. The van der Waals surface area contributed by atoms with Crippen molar-refractivity contribution in [3.8, 4) is 6.07 Å². The van der Waals surface area contributed by atoms with Crippen molar-refractivity contribution in [1.82, 2.24) is 5.32 Å². The van der Waals surface area contributed by atoms with Gasteiger partial charge in [0.1, 0.15) is 5.54 Å². The lowest BCUT2D eigenvalue weighted by Crippen LogP contribution is -2.41. The zero-order chi connectivity index (χ0) is 12.7. The molecular weight excluding hydrogens is 200 g/mol. The average molecular weight is 226 g/mol. The largest absolute Gasteiger partial charge is 0.376 e. The Kier molecular flexibility index (Phi) is 6.62. The normalized spacial score (nSPS) is 15.5. The minimum Gasteiger partial charge on any atom is -0.376 e. The molecule has 1 atom stereocenters. The molecule has 0 saturated carbocycles.